The average Bonchev–Trinajstić information content (AvgIpc) is 3.10. The third-order valence-corrected chi connectivity index (χ3v) is 7.05. The number of Topliss-reactive ketones (excluding diaryl/α,β-unsaturated/α-hetero) is 1. The summed E-state index contributed by atoms with van der Waals surface area (Å²) < 4.78 is 21.7. The second-order valence-electron chi connectivity index (χ2n) is 9.48. The van der Waals surface area contributed by atoms with Gasteiger partial charge in [-0.15, -0.1) is 0 Å². The number of carbonyl (C=O) groups excluding carboxylic acids is 2. The highest BCUT2D eigenvalue weighted by atomic mass is 16.8. The Hall–Kier alpha value is -2.78. The third kappa shape index (κ3) is 4.91. The van der Waals surface area contributed by atoms with Crippen molar-refractivity contribution < 1.29 is 64.3 Å². The zero-order chi connectivity index (χ0) is 27.1. The molecule has 1 aromatic carbocycles. The van der Waals surface area contributed by atoms with E-state index < -0.39 is 78.4 Å². The first-order valence-corrected chi connectivity index (χ1v) is 11.7. The zero-order valence-corrected chi connectivity index (χ0v) is 19.8. The summed E-state index contributed by atoms with van der Waals surface area (Å²) in [5, 5.41) is 70.1. The highest BCUT2D eigenvalue weighted by Crippen LogP contribution is 2.48. The molecule has 1 saturated heterocycles. The first-order chi connectivity index (χ1) is 17.5. The van der Waals surface area contributed by atoms with Gasteiger partial charge >= 0.3 is 5.97 Å². The minimum Gasteiger partial charge on any atom is -0.504 e. The molecule has 0 aromatic heterocycles. The lowest BCUT2D eigenvalue weighted by Gasteiger charge is -2.44. The van der Waals surface area contributed by atoms with Gasteiger partial charge in [0.2, 0.25) is 6.29 Å². The van der Waals surface area contributed by atoms with Gasteiger partial charge in [-0.05, 0) is 23.6 Å². The minimum atomic E-state index is -2.33. The Bertz CT molecular complexity index is 1060. The number of carbonyl (C=O) groups is 2. The number of hydrogen-bond acceptors (Lipinski definition) is 13. The first-order valence-electron chi connectivity index (χ1n) is 11.7. The van der Waals surface area contributed by atoms with Crippen molar-refractivity contribution in [1.29, 1.82) is 0 Å². The number of fused-ring (bicyclic) bond motifs is 1. The Balaban J connectivity index is 1.49. The molecule has 9 atom stereocenters. The van der Waals surface area contributed by atoms with Crippen LogP contribution in [0, 0.1) is 11.8 Å². The van der Waals surface area contributed by atoms with Gasteiger partial charge in [0, 0.05) is 12.8 Å². The van der Waals surface area contributed by atoms with E-state index in [9.17, 15) is 45.3 Å². The maximum absolute atomic E-state index is 12.9. The Labute approximate surface area is 211 Å². The van der Waals surface area contributed by atoms with Gasteiger partial charge in [0.05, 0.1) is 19.1 Å². The number of aliphatic hydroxyl groups is 5. The van der Waals surface area contributed by atoms with Crippen molar-refractivity contribution in [3.05, 3.63) is 35.6 Å². The summed E-state index contributed by atoms with van der Waals surface area (Å²) in [7, 11) is 0. The number of hydrogen-bond donors (Lipinski definition) is 7. The van der Waals surface area contributed by atoms with Crippen LogP contribution in [0.2, 0.25) is 0 Å². The number of phenols is 2. The van der Waals surface area contributed by atoms with Gasteiger partial charge in [0.1, 0.15) is 36.3 Å². The van der Waals surface area contributed by atoms with E-state index in [0.717, 1.165) is 6.26 Å². The van der Waals surface area contributed by atoms with Gasteiger partial charge in [-0.1, -0.05) is 13.0 Å². The average molecular weight is 526 g/mol. The molecular formula is C24H30O13. The SMILES string of the molecule is C[C@H]1CC(=O)[C@]2(O)C(C(=O)OCCc3ccc(O)c(O)c3)=CO[C@@H](O[C@@H]3O[C@H](CO)[C@@H](O)[C@H](O)[C@H]3O)[C@H]12. The molecule has 204 valence electrons. The monoisotopic (exact) mass is 526 g/mol. The molecular weight excluding hydrogens is 496 g/mol. The van der Waals surface area contributed by atoms with Crippen LogP contribution in [0.3, 0.4) is 0 Å². The van der Waals surface area contributed by atoms with E-state index in [1.54, 1.807) is 6.92 Å². The molecule has 2 fully saturated rings. The molecule has 2 heterocycles. The second-order valence-corrected chi connectivity index (χ2v) is 9.48. The smallest absolute Gasteiger partial charge is 0.340 e. The zero-order valence-electron chi connectivity index (χ0n) is 19.8. The van der Waals surface area contributed by atoms with Crippen LogP contribution >= 0.6 is 0 Å². The van der Waals surface area contributed by atoms with Crippen LogP contribution in [0.1, 0.15) is 18.9 Å². The topological polar surface area (TPSA) is 213 Å². The number of rotatable bonds is 7. The van der Waals surface area contributed by atoms with Gasteiger partial charge < -0.3 is 54.7 Å². The summed E-state index contributed by atoms with van der Waals surface area (Å²) in [5.74, 6) is -3.96. The highest BCUT2D eigenvalue weighted by Gasteiger charge is 2.63. The molecule has 3 aliphatic rings. The molecule has 13 heteroatoms. The van der Waals surface area contributed by atoms with Crippen LogP contribution in [-0.2, 0) is 35.0 Å². The summed E-state index contributed by atoms with van der Waals surface area (Å²) in [6, 6.07) is 4.11. The van der Waals surface area contributed by atoms with Crippen molar-refractivity contribution in [2.45, 2.75) is 62.4 Å². The summed E-state index contributed by atoms with van der Waals surface area (Å²) in [5.41, 5.74) is -2.20. The Morgan fingerprint density at radius 1 is 1.11 bits per heavy atom. The lowest BCUT2D eigenvalue weighted by Crippen LogP contribution is -2.61. The van der Waals surface area contributed by atoms with Crippen LogP contribution < -0.4 is 0 Å². The minimum absolute atomic E-state index is 0.115. The van der Waals surface area contributed by atoms with E-state index in [-0.39, 0.29) is 30.9 Å². The van der Waals surface area contributed by atoms with Crippen LogP contribution in [0.5, 0.6) is 11.5 Å². The fourth-order valence-electron chi connectivity index (χ4n) is 4.97. The molecule has 0 unspecified atom stereocenters. The second kappa shape index (κ2) is 10.5. The highest BCUT2D eigenvalue weighted by molar-refractivity contribution is 6.04. The number of ketones is 1. The Kier molecular flexibility index (Phi) is 7.76. The standard InChI is InChI=1S/C24H30O13/c1-10-6-16(28)24(33)12(21(32)34-5-4-11-2-3-13(26)14(27)7-11)9-35-22(17(10)24)37-23-20(31)19(30)18(29)15(8-25)36-23/h2-3,7,9-10,15,17-20,22-23,25-27,29-31,33H,4-6,8H2,1H3/t10-,15+,17-,18+,19-,20+,22-,23-,24+/m0/s1. The van der Waals surface area contributed by atoms with E-state index >= 15 is 0 Å². The van der Waals surface area contributed by atoms with Crippen molar-refractivity contribution in [2.75, 3.05) is 13.2 Å². The van der Waals surface area contributed by atoms with Gasteiger partial charge in [0.25, 0.3) is 0 Å². The largest absolute Gasteiger partial charge is 0.504 e. The molecule has 2 aliphatic heterocycles. The van der Waals surface area contributed by atoms with Crippen molar-refractivity contribution in [3.8, 4) is 11.5 Å². The van der Waals surface area contributed by atoms with E-state index in [2.05, 4.69) is 0 Å². The fraction of sp³-hybridized carbons (Fsp3) is 0.583. The fourth-order valence-corrected chi connectivity index (χ4v) is 4.97. The molecule has 0 spiro atoms. The number of aliphatic hydroxyl groups excluding tert-OH is 4. The van der Waals surface area contributed by atoms with Crippen molar-refractivity contribution in [3.63, 3.8) is 0 Å². The Morgan fingerprint density at radius 2 is 1.84 bits per heavy atom. The molecule has 37 heavy (non-hydrogen) atoms. The first kappa shape index (κ1) is 27.3. The molecule has 4 rings (SSSR count). The van der Waals surface area contributed by atoms with Crippen LogP contribution in [0.4, 0.5) is 0 Å². The number of ether oxygens (including phenoxy) is 4. The summed E-state index contributed by atoms with van der Waals surface area (Å²) in [6.45, 7) is 0.785. The molecule has 1 aliphatic carbocycles. The van der Waals surface area contributed by atoms with Crippen LogP contribution in [-0.4, -0.2) is 103 Å². The molecule has 0 radical (unpaired) electrons. The molecule has 1 saturated carbocycles. The van der Waals surface area contributed by atoms with E-state index in [1.165, 1.54) is 18.2 Å². The van der Waals surface area contributed by atoms with Crippen LogP contribution in [0.15, 0.2) is 30.0 Å². The predicted octanol–water partition coefficient (Wildman–Crippen LogP) is -1.80. The predicted molar refractivity (Wildman–Crippen MR) is 119 cm³/mol. The number of benzene rings is 1. The lowest BCUT2D eigenvalue weighted by atomic mass is 9.78. The van der Waals surface area contributed by atoms with E-state index in [4.69, 9.17) is 18.9 Å². The number of aromatic hydroxyl groups is 2. The van der Waals surface area contributed by atoms with Gasteiger partial charge in [-0.25, -0.2) is 4.79 Å². The molecule has 0 amide bonds. The van der Waals surface area contributed by atoms with Gasteiger partial charge in [0.15, 0.2) is 29.2 Å². The summed E-state index contributed by atoms with van der Waals surface area (Å²) in [6.07, 6.45) is -8.39. The molecule has 13 nitrogen and oxygen atoms in total. The van der Waals surface area contributed by atoms with E-state index in [1.807, 2.05) is 0 Å². The quantitative estimate of drug-likeness (QED) is 0.154. The molecule has 0 bridgehead atoms. The molecule has 7 N–H and O–H groups in total. The van der Waals surface area contributed by atoms with Crippen molar-refractivity contribution in [2.24, 2.45) is 11.8 Å². The van der Waals surface area contributed by atoms with Crippen molar-refractivity contribution >= 4 is 11.8 Å². The maximum atomic E-state index is 12.9. The van der Waals surface area contributed by atoms with Gasteiger partial charge in [-0.2, -0.15) is 0 Å². The number of phenolic OH excluding ortho intramolecular Hbond substituents is 2. The van der Waals surface area contributed by atoms with Gasteiger partial charge in [-0.3, -0.25) is 4.79 Å². The van der Waals surface area contributed by atoms with E-state index in [0.29, 0.717) is 5.56 Å². The third-order valence-electron chi connectivity index (χ3n) is 7.05. The Morgan fingerprint density at radius 3 is 2.51 bits per heavy atom. The normalized spacial score (nSPS) is 37.5. The lowest BCUT2D eigenvalue weighted by molar-refractivity contribution is -0.346. The molecule has 1 aromatic rings. The van der Waals surface area contributed by atoms with Crippen LogP contribution in [0.25, 0.3) is 0 Å². The number of esters is 1. The summed E-state index contributed by atoms with van der Waals surface area (Å²) >= 11 is 0. The van der Waals surface area contributed by atoms with Crippen molar-refractivity contribution in [1.82, 2.24) is 0 Å². The summed E-state index contributed by atoms with van der Waals surface area (Å²) in [4.78, 5) is 25.7. The maximum Gasteiger partial charge on any atom is 0.340 e.